The van der Waals surface area contributed by atoms with Crippen LogP contribution in [0.1, 0.15) is 21.9 Å². The van der Waals surface area contributed by atoms with Gasteiger partial charge in [0.1, 0.15) is 17.8 Å². The van der Waals surface area contributed by atoms with E-state index in [2.05, 4.69) is 15.3 Å². The molecule has 0 bridgehead atoms. The van der Waals surface area contributed by atoms with E-state index in [1.807, 2.05) is 24.3 Å². The van der Waals surface area contributed by atoms with Gasteiger partial charge in [-0.2, -0.15) is 0 Å². The molecule has 3 heterocycles. The van der Waals surface area contributed by atoms with Gasteiger partial charge >= 0.3 is 11.9 Å². The van der Waals surface area contributed by atoms with Crippen LogP contribution in [-0.4, -0.2) is 55.1 Å². The number of rotatable bonds is 7. The third kappa shape index (κ3) is 4.51. The molecule has 1 amide bonds. The number of hydrogen-bond donors (Lipinski definition) is 2. The van der Waals surface area contributed by atoms with Gasteiger partial charge in [-0.05, 0) is 40.8 Å². The topological polar surface area (TPSA) is 158 Å². The second-order valence-electron chi connectivity index (χ2n) is 6.97. The maximum Gasteiger partial charge on any atom is 0.442 e. The number of methoxy groups -OCH3 is 1. The lowest BCUT2D eigenvalue weighted by atomic mass is 10.1. The summed E-state index contributed by atoms with van der Waals surface area (Å²) in [6.45, 7) is 0.382. The number of benzene rings is 1. The Morgan fingerprint density at radius 1 is 1.24 bits per heavy atom. The van der Waals surface area contributed by atoms with Gasteiger partial charge in [-0.15, -0.1) is 0 Å². The minimum Gasteiger partial charge on any atom is -0.496 e. The minimum atomic E-state index is -3.02. The van der Waals surface area contributed by atoms with Gasteiger partial charge in [0.15, 0.2) is 11.5 Å². The number of hydrazine groups is 1. The molecule has 1 aromatic carbocycles. The summed E-state index contributed by atoms with van der Waals surface area (Å²) in [7, 11) is 0.0311. The highest BCUT2D eigenvalue weighted by molar-refractivity contribution is 8.41. The number of ether oxygens (including phenoxy) is 1. The molecule has 3 N–H and O–H groups in total. The van der Waals surface area contributed by atoms with Gasteiger partial charge < -0.3 is 27.8 Å². The van der Waals surface area contributed by atoms with E-state index in [1.54, 1.807) is 7.11 Å². The van der Waals surface area contributed by atoms with Gasteiger partial charge in [0.2, 0.25) is 0 Å². The molecular formula is C21H21N5O7S. The molecule has 0 aliphatic carbocycles. The number of nitrogens with zero attached hydrogens (tertiary/aromatic N) is 3. The molecule has 2 aliphatic heterocycles. The summed E-state index contributed by atoms with van der Waals surface area (Å²) < 4.78 is 21.3. The minimum absolute atomic E-state index is 0.0551. The molecule has 1 aromatic heterocycles. The van der Waals surface area contributed by atoms with Crippen molar-refractivity contribution < 1.29 is 31.9 Å². The van der Waals surface area contributed by atoms with E-state index in [1.165, 1.54) is 35.9 Å². The number of furan rings is 1. The van der Waals surface area contributed by atoms with E-state index >= 15 is 0 Å². The van der Waals surface area contributed by atoms with E-state index in [0.717, 1.165) is 11.3 Å². The molecule has 1 spiro atoms. The van der Waals surface area contributed by atoms with Crippen LogP contribution in [0.4, 0.5) is 0 Å². The number of carbonyl (C=O) groups excluding carboxylic acids is 3. The van der Waals surface area contributed by atoms with Gasteiger partial charge in [-0.25, -0.2) is 25.4 Å². The lowest BCUT2D eigenvalue weighted by Crippen LogP contribution is -2.32. The number of para-hydroxylation sites is 1. The van der Waals surface area contributed by atoms with Crippen molar-refractivity contribution in [2.24, 2.45) is 15.8 Å². The summed E-state index contributed by atoms with van der Waals surface area (Å²) in [6.07, 6.45) is 1.86. The van der Waals surface area contributed by atoms with Crippen LogP contribution in [0.3, 0.4) is 0 Å². The number of carbonyl (C=O) groups is 3. The van der Waals surface area contributed by atoms with Crippen LogP contribution < -0.4 is 15.9 Å². The van der Waals surface area contributed by atoms with Crippen LogP contribution in [0.5, 0.6) is 5.75 Å². The zero-order valence-electron chi connectivity index (χ0n) is 18.2. The fourth-order valence-electron chi connectivity index (χ4n) is 3.10. The lowest BCUT2D eigenvalue weighted by Gasteiger charge is -2.26. The van der Waals surface area contributed by atoms with E-state index < -0.39 is 28.4 Å². The van der Waals surface area contributed by atoms with Gasteiger partial charge in [0.25, 0.3) is 11.1 Å². The van der Waals surface area contributed by atoms with Crippen molar-refractivity contribution in [3.63, 3.8) is 0 Å². The van der Waals surface area contributed by atoms with Crippen molar-refractivity contribution in [1.29, 1.82) is 0 Å². The van der Waals surface area contributed by atoms with Gasteiger partial charge in [0.05, 0.1) is 12.5 Å². The molecule has 1 fully saturated rings. The van der Waals surface area contributed by atoms with E-state index in [4.69, 9.17) is 23.4 Å². The Kier molecular flexibility index (Phi) is 6.38. The van der Waals surface area contributed by atoms with Crippen LogP contribution in [-0.2, 0) is 24.4 Å². The predicted octanol–water partition coefficient (Wildman–Crippen LogP) is 1.50. The second-order valence-corrected chi connectivity index (χ2v) is 9.00. The first-order chi connectivity index (χ1) is 16.3. The number of amides is 1. The molecule has 2 aromatic rings. The molecule has 4 rings (SSSR count). The Balaban J connectivity index is 1.54. The third-order valence-corrected chi connectivity index (χ3v) is 6.80. The maximum atomic E-state index is 11.8. The quantitative estimate of drug-likeness (QED) is 0.194. The van der Waals surface area contributed by atoms with Crippen LogP contribution in [0.15, 0.2) is 56.2 Å². The maximum absolute atomic E-state index is 11.8. The molecule has 13 heteroatoms. The molecule has 2 aliphatic rings. The van der Waals surface area contributed by atoms with Crippen molar-refractivity contribution in [2.45, 2.75) is 6.42 Å². The molecular weight excluding hydrogens is 466 g/mol. The highest BCUT2D eigenvalue weighted by Crippen LogP contribution is 2.62. The third-order valence-electron chi connectivity index (χ3n) is 4.76. The summed E-state index contributed by atoms with van der Waals surface area (Å²) in [4.78, 5) is 43.9. The first-order valence-electron chi connectivity index (χ1n) is 9.96. The van der Waals surface area contributed by atoms with Crippen molar-refractivity contribution in [3.05, 3.63) is 58.9 Å². The van der Waals surface area contributed by atoms with Crippen molar-refractivity contribution in [3.8, 4) is 5.75 Å². The number of aliphatic imine (C=N–C) groups is 2. The standard InChI is InChI=1S/C21H21N5O7S/c1-23-18(27)17-8-7-16(31-17)14-11-34(32-19(28)20(29)33-34)21(25-14)24-12-26(22)10-9-13-5-3-4-6-15(13)30-2/h3-8,11-12H,9-10,22H2,1-2H3,(H,23,27)/b24-12+. The van der Waals surface area contributed by atoms with Crippen LogP contribution >= 0.6 is 10.6 Å². The smallest absolute Gasteiger partial charge is 0.442 e. The summed E-state index contributed by atoms with van der Waals surface area (Å²) in [6, 6.07) is 10.5. The van der Waals surface area contributed by atoms with Crippen LogP contribution in [0.25, 0.3) is 5.70 Å². The van der Waals surface area contributed by atoms with Crippen LogP contribution in [0.2, 0.25) is 0 Å². The average Bonchev–Trinajstić information content (AvgIpc) is 3.53. The number of nitrogens with one attached hydrogen (secondary N) is 1. The number of amidine groups is 1. The van der Waals surface area contributed by atoms with E-state index in [0.29, 0.717) is 13.0 Å². The molecule has 12 nitrogen and oxygen atoms in total. The molecule has 0 saturated carbocycles. The summed E-state index contributed by atoms with van der Waals surface area (Å²) >= 11 is 0. The molecule has 178 valence electrons. The Labute approximate surface area is 195 Å². The zero-order valence-corrected chi connectivity index (χ0v) is 19.0. The zero-order chi connectivity index (χ0) is 24.3. The van der Waals surface area contributed by atoms with Crippen LogP contribution in [0, 0.1) is 0 Å². The fraction of sp³-hybridized carbons (Fsp3) is 0.190. The van der Waals surface area contributed by atoms with Crippen molar-refractivity contribution >= 4 is 45.6 Å². The van der Waals surface area contributed by atoms with Crippen molar-refractivity contribution in [2.75, 3.05) is 20.7 Å². The van der Waals surface area contributed by atoms with E-state index in [9.17, 15) is 14.4 Å². The fourth-order valence-corrected chi connectivity index (χ4v) is 4.95. The summed E-state index contributed by atoms with van der Waals surface area (Å²) in [5, 5.41) is 5.05. The molecule has 0 radical (unpaired) electrons. The summed E-state index contributed by atoms with van der Waals surface area (Å²) in [5.41, 5.74) is 1.15. The molecule has 0 unspecified atom stereocenters. The Morgan fingerprint density at radius 3 is 2.68 bits per heavy atom. The number of hydrogen-bond acceptors (Lipinski definition) is 10. The SMILES string of the molecule is CNC(=O)c1ccc(C2=CS3(OC(=O)C(=O)O3)C(/N=C/N(N)CCc3ccccc3OC)=N2)o1. The molecule has 1 saturated heterocycles. The Hall–Kier alpha value is -4.10. The van der Waals surface area contributed by atoms with E-state index in [-0.39, 0.29) is 22.4 Å². The molecule has 34 heavy (non-hydrogen) atoms. The Morgan fingerprint density at radius 2 is 1.97 bits per heavy atom. The normalized spacial score (nSPS) is 17.3. The van der Waals surface area contributed by atoms with Gasteiger partial charge in [-0.1, -0.05) is 18.2 Å². The highest BCUT2D eigenvalue weighted by atomic mass is 32.3. The first-order valence-corrected chi connectivity index (χ1v) is 11.5. The molecule has 0 atom stereocenters. The predicted molar refractivity (Wildman–Crippen MR) is 123 cm³/mol. The second kappa shape index (κ2) is 9.41. The Bertz CT molecular complexity index is 1220. The summed E-state index contributed by atoms with van der Waals surface area (Å²) in [5.74, 6) is 4.30. The lowest BCUT2D eigenvalue weighted by molar-refractivity contribution is -0.150. The largest absolute Gasteiger partial charge is 0.496 e. The number of nitrogens with two attached hydrogens (primary N) is 1. The van der Waals surface area contributed by atoms with Gasteiger partial charge in [-0.3, -0.25) is 4.79 Å². The highest BCUT2D eigenvalue weighted by Gasteiger charge is 2.48. The van der Waals surface area contributed by atoms with Gasteiger partial charge in [0, 0.05) is 13.6 Å². The monoisotopic (exact) mass is 487 g/mol. The first kappa shape index (κ1) is 23.1. The van der Waals surface area contributed by atoms with Crippen molar-refractivity contribution in [1.82, 2.24) is 10.3 Å². The average molecular weight is 487 g/mol.